The van der Waals surface area contributed by atoms with Gasteiger partial charge in [0.25, 0.3) is 5.88 Å². The number of halogens is 1. The largest absolute Gasteiger partial charge is 0.434 e. The van der Waals surface area contributed by atoms with Gasteiger partial charge >= 0.3 is 5.97 Å². The highest BCUT2D eigenvalue weighted by atomic mass is 35.5. The first-order chi connectivity index (χ1) is 16.6. The minimum absolute atomic E-state index is 0.0788. The van der Waals surface area contributed by atoms with Crippen LogP contribution in [-0.2, 0) is 0 Å². The highest BCUT2D eigenvalue weighted by Crippen LogP contribution is 2.47. The van der Waals surface area contributed by atoms with Crippen LogP contribution in [0.2, 0.25) is 5.15 Å². The van der Waals surface area contributed by atoms with Crippen LogP contribution in [0.5, 0.6) is 17.4 Å². The fraction of sp³-hybridized carbons (Fsp3) is 0.154. The number of esters is 1. The number of hydrogen-bond donors (Lipinski definition) is 0. The standard InChI is InChI=1S/C26H20ClN3O3S/c1-16-7-5-10-19(17-12-13-17)23(16)33-24-21(15-22(27)29-30-24)32-26(31)20-11-6-14-28-25(20)34-18-8-3-2-4-9-18/h2-11,14-15,17H,12-13H2,1H3. The minimum atomic E-state index is -0.590. The van der Waals surface area contributed by atoms with Gasteiger partial charge in [0.2, 0.25) is 0 Å². The van der Waals surface area contributed by atoms with E-state index in [1.807, 2.05) is 49.4 Å². The third-order valence-corrected chi connectivity index (χ3v) is 6.52. The molecule has 0 N–H and O–H groups in total. The van der Waals surface area contributed by atoms with Crippen molar-refractivity contribution in [2.45, 2.75) is 35.6 Å². The molecule has 0 radical (unpaired) electrons. The quantitative estimate of drug-likeness (QED) is 0.262. The summed E-state index contributed by atoms with van der Waals surface area (Å²) in [5.41, 5.74) is 2.40. The van der Waals surface area contributed by atoms with E-state index in [1.54, 1.807) is 18.3 Å². The van der Waals surface area contributed by atoms with Crippen molar-refractivity contribution in [3.8, 4) is 17.4 Å². The number of nitrogens with zero attached hydrogens (tertiary/aromatic N) is 3. The molecule has 0 bridgehead atoms. The fourth-order valence-corrected chi connectivity index (χ4v) is 4.52. The van der Waals surface area contributed by atoms with Crippen molar-refractivity contribution in [2.75, 3.05) is 0 Å². The molecule has 0 unspecified atom stereocenters. The first-order valence-corrected chi connectivity index (χ1v) is 12.0. The molecule has 2 aromatic carbocycles. The van der Waals surface area contributed by atoms with Crippen LogP contribution in [0.25, 0.3) is 0 Å². The Morgan fingerprint density at radius 3 is 2.65 bits per heavy atom. The normalized spacial score (nSPS) is 12.9. The van der Waals surface area contributed by atoms with E-state index in [2.05, 4.69) is 21.2 Å². The van der Waals surface area contributed by atoms with Crippen molar-refractivity contribution in [1.82, 2.24) is 15.2 Å². The third-order valence-electron chi connectivity index (χ3n) is 5.31. The van der Waals surface area contributed by atoms with Crippen molar-refractivity contribution >= 4 is 29.3 Å². The van der Waals surface area contributed by atoms with E-state index in [4.69, 9.17) is 21.1 Å². The summed E-state index contributed by atoms with van der Waals surface area (Å²) in [4.78, 5) is 18.5. The molecule has 4 aromatic rings. The van der Waals surface area contributed by atoms with Crippen molar-refractivity contribution in [3.05, 3.63) is 94.8 Å². The Bertz CT molecular complexity index is 1350. The third kappa shape index (κ3) is 5.05. The first-order valence-electron chi connectivity index (χ1n) is 10.8. The molecule has 1 fully saturated rings. The van der Waals surface area contributed by atoms with Gasteiger partial charge in [-0.3, -0.25) is 0 Å². The number of carbonyl (C=O) groups excluding carboxylic acids is 1. The van der Waals surface area contributed by atoms with Crippen molar-refractivity contribution in [2.24, 2.45) is 0 Å². The molecule has 5 rings (SSSR count). The summed E-state index contributed by atoms with van der Waals surface area (Å²) in [5, 5.41) is 8.58. The average Bonchev–Trinajstić information content (AvgIpc) is 3.68. The SMILES string of the molecule is Cc1cccc(C2CC2)c1Oc1nnc(Cl)cc1OC(=O)c1cccnc1Sc1ccccc1. The molecular weight excluding hydrogens is 470 g/mol. The number of hydrogen-bond acceptors (Lipinski definition) is 7. The molecule has 34 heavy (non-hydrogen) atoms. The van der Waals surface area contributed by atoms with E-state index in [-0.39, 0.29) is 16.8 Å². The molecule has 0 saturated heterocycles. The van der Waals surface area contributed by atoms with E-state index in [0.717, 1.165) is 28.9 Å². The lowest BCUT2D eigenvalue weighted by molar-refractivity contribution is 0.0724. The van der Waals surface area contributed by atoms with Gasteiger partial charge in [-0.2, -0.15) is 0 Å². The Labute approximate surface area is 206 Å². The molecule has 2 aromatic heterocycles. The van der Waals surface area contributed by atoms with Crippen LogP contribution in [0.4, 0.5) is 0 Å². The van der Waals surface area contributed by atoms with Gasteiger partial charge in [0, 0.05) is 17.2 Å². The predicted molar refractivity (Wildman–Crippen MR) is 130 cm³/mol. The molecule has 0 spiro atoms. The van der Waals surface area contributed by atoms with Crippen LogP contribution in [0, 0.1) is 6.92 Å². The number of carbonyl (C=O) groups is 1. The summed E-state index contributed by atoms with van der Waals surface area (Å²) in [6, 6.07) is 20.5. The second kappa shape index (κ2) is 9.83. The van der Waals surface area contributed by atoms with Gasteiger partial charge in [-0.05, 0) is 61.1 Å². The van der Waals surface area contributed by atoms with Crippen LogP contribution >= 0.6 is 23.4 Å². The average molecular weight is 490 g/mol. The van der Waals surface area contributed by atoms with Gasteiger partial charge in [-0.1, -0.05) is 59.8 Å². The summed E-state index contributed by atoms with van der Waals surface area (Å²) in [6.45, 7) is 1.97. The molecule has 0 amide bonds. The van der Waals surface area contributed by atoms with E-state index in [1.165, 1.54) is 17.8 Å². The van der Waals surface area contributed by atoms with Crippen LogP contribution in [0.1, 0.15) is 40.2 Å². The zero-order chi connectivity index (χ0) is 23.5. The lowest BCUT2D eigenvalue weighted by Crippen LogP contribution is -2.12. The minimum Gasteiger partial charge on any atom is -0.434 e. The van der Waals surface area contributed by atoms with Crippen molar-refractivity contribution < 1.29 is 14.3 Å². The van der Waals surface area contributed by atoms with Gasteiger partial charge in [-0.15, -0.1) is 10.2 Å². The Morgan fingerprint density at radius 2 is 1.85 bits per heavy atom. The lowest BCUT2D eigenvalue weighted by atomic mass is 10.1. The maximum Gasteiger partial charge on any atom is 0.346 e. The maximum atomic E-state index is 13.2. The van der Waals surface area contributed by atoms with Crippen molar-refractivity contribution in [1.29, 1.82) is 0 Å². The van der Waals surface area contributed by atoms with Crippen molar-refractivity contribution in [3.63, 3.8) is 0 Å². The Hall–Kier alpha value is -3.42. The van der Waals surface area contributed by atoms with E-state index < -0.39 is 5.97 Å². The van der Waals surface area contributed by atoms with Gasteiger partial charge < -0.3 is 9.47 Å². The van der Waals surface area contributed by atoms with Gasteiger partial charge in [0.05, 0.1) is 5.56 Å². The van der Waals surface area contributed by atoms with Gasteiger partial charge in [0.1, 0.15) is 10.8 Å². The van der Waals surface area contributed by atoms with Gasteiger partial charge in [0.15, 0.2) is 10.9 Å². The molecular formula is C26H20ClN3O3S. The number of pyridine rings is 1. The molecule has 8 heteroatoms. The summed E-state index contributed by atoms with van der Waals surface area (Å²) in [7, 11) is 0. The Kier molecular flexibility index (Phi) is 6.47. The number of aryl methyl sites for hydroxylation is 1. The van der Waals surface area contributed by atoms with Crippen LogP contribution < -0.4 is 9.47 Å². The van der Waals surface area contributed by atoms with Crippen LogP contribution in [0.3, 0.4) is 0 Å². The molecule has 2 heterocycles. The summed E-state index contributed by atoms with van der Waals surface area (Å²) in [6.07, 6.45) is 3.88. The summed E-state index contributed by atoms with van der Waals surface area (Å²) in [5.74, 6) is 0.756. The Balaban J connectivity index is 1.43. The van der Waals surface area contributed by atoms with Crippen LogP contribution in [0.15, 0.2) is 82.8 Å². The smallest absolute Gasteiger partial charge is 0.346 e. The zero-order valence-electron chi connectivity index (χ0n) is 18.3. The van der Waals surface area contributed by atoms with E-state index in [9.17, 15) is 4.79 Å². The van der Waals surface area contributed by atoms with Gasteiger partial charge in [-0.25, -0.2) is 9.78 Å². The second-order valence-electron chi connectivity index (χ2n) is 7.87. The highest BCUT2D eigenvalue weighted by molar-refractivity contribution is 7.99. The second-order valence-corrected chi connectivity index (χ2v) is 9.32. The number of aromatic nitrogens is 3. The fourth-order valence-electron chi connectivity index (χ4n) is 3.49. The summed E-state index contributed by atoms with van der Waals surface area (Å²) < 4.78 is 11.9. The Morgan fingerprint density at radius 1 is 1.03 bits per heavy atom. The van der Waals surface area contributed by atoms with Crippen LogP contribution in [-0.4, -0.2) is 21.2 Å². The number of benzene rings is 2. The molecule has 0 aliphatic heterocycles. The predicted octanol–water partition coefficient (Wildman–Crippen LogP) is 6.87. The monoisotopic (exact) mass is 489 g/mol. The summed E-state index contributed by atoms with van der Waals surface area (Å²) >= 11 is 7.45. The molecule has 170 valence electrons. The van der Waals surface area contributed by atoms with E-state index >= 15 is 0 Å². The topological polar surface area (TPSA) is 74.2 Å². The first kappa shape index (κ1) is 22.4. The van der Waals surface area contributed by atoms with E-state index in [0.29, 0.717) is 22.3 Å². The number of para-hydroxylation sites is 1. The number of ether oxygens (including phenoxy) is 2. The molecule has 0 atom stereocenters. The lowest BCUT2D eigenvalue weighted by Gasteiger charge is -2.15. The molecule has 1 saturated carbocycles. The highest BCUT2D eigenvalue weighted by Gasteiger charge is 2.28. The maximum absolute atomic E-state index is 13.2. The molecule has 1 aliphatic rings. The molecule has 6 nitrogen and oxygen atoms in total. The molecule has 1 aliphatic carbocycles. The number of rotatable bonds is 7. The zero-order valence-corrected chi connectivity index (χ0v) is 19.8.